The summed E-state index contributed by atoms with van der Waals surface area (Å²) in [5, 5.41) is 10.3. The maximum atomic E-state index is 5.23. The monoisotopic (exact) mass is 698 g/mol. The third-order valence-corrected chi connectivity index (χ3v) is 11.2. The first kappa shape index (κ1) is 31.3. The summed E-state index contributed by atoms with van der Waals surface area (Å²) in [6.07, 6.45) is 0. The van der Waals surface area contributed by atoms with E-state index < -0.39 is 0 Å². The number of fused-ring (bicyclic) bond motifs is 9. The fourth-order valence-electron chi connectivity index (χ4n) is 8.58. The molecular weight excluding hydrogens is 665 g/mol. The molecule has 0 spiro atoms. The molecule has 0 saturated heterocycles. The van der Waals surface area contributed by atoms with Crippen LogP contribution < -0.4 is 0 Å². The lowest BCUT2D eigenvalue weighted by atomic mass is 9.91. The molecule has 2 nitrogen and oxygen atoms in total. The van der Waals surface area contributed by atoms with E-state index in [-0.39, 0.29) is 0 Å². The van der Waals surface area contributed by atoms with Gasteiger partial charge in [0.1, 0.15) is 0 Å². The Labute approximate surface area is 319 Å². The molecule has 11 rings (SSSR count). The summed E-state index contributed by atoms with van der Waals surface area (Å²) in [6.45, 7) is 0. The molecule has 55 heavy (non-hydrogen) atoms. The van der Waals surface area contributed by atoms with Crippen molar-refractivity contribution in [2.45, 2.75) is 0 Å². The van der Waals surface area contributed by atoms with Crippen LogP contribution in [-0.4, -0.2) is 9.55 Å². The molecule has 11 aromatic rings. The van der Waals surface area contributed by atoms with Crippen molar-refractivity contribution in [1.29, 1.82) is 0 Å². The van der Waals surface area contributed by atoms with Crippen molar-refractivity contribution in [2.24, 2.45) is 0 Å². The minimum absolute atomic E-state index is 0.948. The number of hydrogen-bond donors (Lipinski definition) is 0. The van der Waals surface area contributed by atoms with Gasteiger partial charge in [-0.3, -0.25) is 0 Å². The van der Waals surface area contributed by atoms with Crippen molar-refractivity contribution in [1.82, 2.24) is 9.55 Å². The van der Waals surface area contributed by atoms with Crippen LogP contribution >= 0.6 is 0 Å². The zero-order valence-electron chi connectivity index (χ0n) is 30.0. The van der Waals surface area contributed by atoms with Gasteiger partial charge >= 0.3 is 0 Å². The van der Waals surface area contributed by atoms with Crippen LogP contribution in [0.2, 0.25) is 0 Å². The summed E-state index contributed by atoms with van der Waals surface area (Å²) in [7, 11) is 0. The Morgan fingerprint density at radius 2 is 0.655 bits per heavy atom. The fourth-order valence-corrected chi connectivity index (χ4v) is 8.58. The van der Waals surface area contributed by atoms with Gasteiger partial charge in [0.05, 0.1) is 22.4 Å². The second kappa shape index (κ2) is 12.7. The molecule has 9 aromatic carbocycles. The van der Waals surface area contributed by atoms with E-state index in [4.69, 9.17) is 4.98 Å². The number of aromatic nitrogens is 2. The van der Waals surface area contributed by atoms with Crippen LogP contribution in [0.25, 0.3) is 105 Å². The van der Waals surface area contributed by atoms with Crippen molar-refractivity contribution < 1.29 is 0 Å². The van der Waals surface area contributed by atoms with E-state index in [0.29, 0.717) is 0 Å². The molecule has 2 heteroatoms. The summed E-state index contributed by atoms with van der Waals surface area (Å²) < 4.78 is 2.36. The van der Waals surface area contributed by atoms with E-state index in [0.717, 1.165) is 33.8 Å². The summed E-state index contributed by atoms with van der Waals surface area (Å²) in [4.78, 5) is 5.23. The van der Waals surface area contributed by atoms with E-state index in [1.807, 2.05) is 0 Å². The first-order valence-corrected chi connectivity index (χ1v) is 18.9. The predicted octanol–water partition coefficient (Wildman–Crippen LogP) is 14.3. The molecule has 0 aliphatic rings. The second-order valence-electron chi connectivity index (χ2n) is 14.3. The van der Waals surface area contributed by atoms with Gasteiger partial charge in [-0.25, -0.2) is 4.98 Å². The Morgan fingerprint density at radius 3 is 1.24 bits per heavy atom. The molecule has 0 fully saturated rings. The van der Waals surface area contributed by atoms with Crippen LogP contribution in [0, 0.1) is 0 Å². The smallest absolute Gasteiger partial charge is 0.0710 e. The highest BCUT2D eigenvalue weighted by molar-refractivity contribution is 6.25. The van der Waals surface area contributed by atoms with Crippen LogP contribution in [0.3, 0.4) is 0 Å². The van der Waals surface area contributed by atoms with Crippen molar-refractivity contribution in [2.75, 3.05) is 0 Å². The van der Waals surface area contributed by atoms with Gasteiger partial charge in [0.2, 0.25) is 0 Å². The van der Waals surface area contributed by atoms with Crippen molar-refractivity contribution in [3.63, 3.8) is 0 Å². The van der Waals surface area contributed by atoms with Gasteiger partial charge in [-0.15, -0.1) is 0 Å². The molecule has 0 radical (unpaired) electrons. The van der Waals surface area contributed by atoms with E-state index >= 15 is 0 Å². The van der Waals surface area contributed by atoms with Crippen LogP contribution in [0.4, 0.5) is 0 Å². The Balaban J connectivity index is 0.948. The van der Waals surface area contributed by atoms with Crippen LogP contribution in [-0.2, 0) is 0 Å². The Hall–Kier alpha value is -7.29. The number of rotatable bonds is 5. The first-order chi connectivity index (χ1) is 27.3. The van der Waals surface area contributed by atoms with Crippen molar-refractivity contribution >= 4 is 54.1 Å². The predicted molar refractivity (Wildman–Crippen MR) is 233 cm³/mol. The van der Waals surface area contributed by atoms with Gasteiger partial charge in [-0.05, 0) is 109 Å². The molecule has 0 aliphatic heterocycles. The number of pyridine rings is 1. The van der Waals surface area contributed by atoms with E-state index in [9.17, 15) is 0 Å². The average molecular weight is 699 g/mol. The second-order valence-corrected chi connectivity index (χ2v) is 14.3. The summed E-state index contributed by atoms with van der Waals surface area (Å²) in [5.41, 5.74) is 12.3. The lowest BCUT2D eigenvalue weighted by Crippen LogP contribution is -1.95. The molecule has 0 amide bonds. The molecule has 0 bridgehead atoms. The molecule has 0 saturated carbocycles. The Kier molecular flexibility index (Phi) is 7.21. The molecule has 0 atom stereocenters. The average Bonchev–Trinajstić information content (AvgIpc) is 3.61. The first-order valence-electron chi connectivity index (χ1n) is 18.9. The van der Waals surface area contributed by atoms with Crippen molar-refractivity contribution in [3.05, 3.63) is 206 Å². The highest BCUT2D eigenvalue weighted by Gasteiger charge is 2.14. The molecule has 0 unspecified atom stereocenters. The highest BCUT2D eigenvalue weighted by Crippen LogP contribution is 2.38. The maximum absolute atomic E-state index is 5.23. The number of hydrogen-bond acceptors (Lipinski definition) is 1. The van der Waals surface area contributed by atoms with Gasteiger partial charge in [-0.1, -0.05) is 152 Å². The van der Waals surface area contributed by atoms with Gasteiger partial charge in [0.25, 0.3) is 0 Å². The molecule has 256 valence electrons. The normalized spacial score (nSPS) is 11.6. The van der Waals surface area contributed by atoms with E-state index in [1.165, 1.54) is 70.8 Å². The highest BCUT2D eigenvalue weighted by atomic mass is 15.0. The van der Waals surface area contributed by atoms with Gasteiger partial charge in [0, 0.05) is 27.6 Å². The molecular formula is C53H34N2. The summed E-state index contributed by atoms with van der Waals surface area (Å²) >= 11 is 0. The standard InChI is InChI=1S/C53H34N2/c1-2-21-44-42(19-1)43-20-3-4-22-45(43)49-34-38(29-30-46(44)49)36-14-9-13-35(31-36)37-15-10-16-39(32-37)50-25-12-26-51(54-50)40-17-11-18-41(33-40)55-52-27-7-5-23-47(52)48-24-6-8-28-53(48)55/h1-34H. The van der Waals surface area contributed by atoms with Crippen LogP contribution in [0.15, 0.2) is 206 Å². The maximum Gasteiger partial charge on any atom is 0.0710 e. The quantitative estimate of drug-likeness (QED) is 0.164. The van der Waals surface area contributed by atoms with Crippen molar-refractivity contribution in [3.8, 4) is 50.5 Å². The van der Waals surface area contributed by atoms with E-state index in [2.05, 4.69) is 211 Å². The van der Waals surface area contributed by atoms with Crippen LogP contribution in [0.5, 0.6) is 0 Å². The molecule has 0 aliphatic carbocycles. The molecule has 2 aromatic heterocycles. The zero-order chi connectivity index (χ0) is 36.3. The summed E-state index contributed by atoms with van der Waals surface area (Å²) in [5.74, 6) is 0. The lowest BCUT2D eigenvalue weighted by Gasteiger charge is -2.13. The number of benzene rings is 9. The third-order valence-electron chi connectivity index (χ3n) is 11.2. The van der Waals surface area contributed by atoms with E-state index in [1.54, 1.807) is 0 Å². The minimum atomic E-state index is 0.948. The van der Waals surface area contributed by atoms with Gasteiger partial charge in [-0.2, -0.15) is 0 Å². The molecule has 2 heterocycles. The zero-order valence-corrected chi connectivity index (χ0v) is 30.0. The molecule has 0 N–H and O–H groups in total. The Bertz CT molecular complexity index is 3190. The number of nitrogens with zero attached hydrogens (tertiary/aromatic N) is 2. The lowest BCUT2D eigenvalue weighted by molar-refractivity contribution is 1.18. The van der Waals surface area contributed by atoms with Gasteiger partial charge in [0.15, 0.2) is 0 Å². The fraction of sp³-hybridized carbons (Fsp3) is 0. The summed E-state index contributed by atoms with van der Waals surface area (Å²) in [6, 6.07) is 74.5. The number of para-hydroxylation sites is 2. The Morgan fingerprint density at radius 1 is 0.255 bits per heavy atom. The largest absolute Gasteiger partial charge is 0.309 e. The SMILES string of the molecule is c1cc(-c2cccc(-c3cccc(-c4cccc(-n5c6ccccc6c6ccccc65)c4)n3)c2)cc(-c2ccc3c4ccccc4c4ccccc4c3c2)c1. The topological polar surface area (TPSA) is 17.8 Å². The van der Waals surface area contributed by atoms with Gasteiger partial charge < -0.3 is 4.57 Å². The third kappa shape index (κ3) is 5.22. The minimum Gasteiger partial charge on any atom is -0.309 e. The van der Waals surface area contributed by atoms with Crippen LogP contribution in [0.1, 0.15) is 0 Å².